The smallest absolute Gasteiger partial charge is 0.433 e. The molecule has 6 nitrogen and oxygen atoms in total. The second kappa shape index (κ2) is 4.62. The lowest BCUT2D eigenvalue weighted by Crippen LogP contribution is -2.10. The van der Waals surface area contributed by atoms with E-state index in [2.05, 4.69) is 20.3 Å². The van der Waals surface area contributed by atoms with Crippen molar-refractivity contribution in [1.82, 2.24) is 9.99 Å². The van der Waals surface area contributed by atoms with Gasteiger partial charge in [-0.2, -0.15) is 13.9 Å². The highest BCUT2D eigenvalue weighted by Gasteiger charge is 2.38. The zero-order valence-corrected chi connectivity index (χ0v) is 10.6. The zero-order valence-electron chi connectivity index (χ0n) is 10.6. The molecule has 0 atom stereocenters. The van der Waals surface area contributed by atoms with Gasteiger partial charge in [-0.05, 0) is 12.1 Å². The summed E-state index contributed by atoms with van der Waals surface area (Å²) in [6.07, 6.45) is 0.490. The maximum absolute atomic E-state index is 13.9. The summed E-state index contributed by atoms with van der Waals surface area (Å²) in [4.78, 5) is 3.72. The molecular weight excluding hydrogens is 268 g/mol. The highest BCUT2D eigenvalue weighted by atomic mass is 19.3. The van der Waals surface area contributed by atoms with Gasteiger partial charge in [0.15, 0.2) is 11.4 Å². The number of hydrogen-bond acceptors (Lipinski definition) is 6. The fourth-order valence-corrected chi connectivity index (χ4v) is 1.79. The van der Waals surface area contributed by atoms with Crippen LogP contribution in [0.1, 0.15) is 12.3 Å². The SMILES string of the molecule is CN1CCC(N=NC(F)(F)c2nc3ccccc3o2)=N1. The molecule has 8 heteroatoms. The number of alkyl halides is 2. The molecule has 1 aliphatic heterocycles. The van der Waals surface area contributed by atoms with Gasteiger partial charge in [-0.3, -0.25) is 5.01 Å². The number of rotatable bonds is 2. The van der Waals surface area contributed by atoms with Crippen molar-refractivity contribution in [2.45, 2.75) is 12.5 Å². The van der Waals surface area contributed by atoms with E-state index in [9.17, 15) is 8.78 Å². The van der Waals surface area contributed by atoms with E-state index in [1.807, 2.05) is 0 Å². The molecule has 1 aromatic heterocycles. The predicted octanol–water partition coefficient (Wildman–Crippen LogP) is 2.98. The summed E-state index contributed by atoms with van der Waals surface area (Å²) in [6, 6.07) is 2.92. The second-order valence-electron chi connectivity index (χ2n) is 4.38. The van der Waals surface area contributed by atoms with Crippen molar-refractivity contribution in [3.05, 3.63) is 30.2 Å². The highest BCUT2D eigenvalue weighted by molar-refractivity contribution is 5.83. The Balaban J connectivity index is 1.87. The minimum absolute atomic E-state index is 0.267. The second-order valence-corrected chi connectivity index (χ2v) is 4.38. The topological polar surface area (TPSA) is 66.3 Å². The lowest BCUT2D eigenvalue weighted by molar-refractivity contribution is -0.0269. The number of hydrogen-bond donors (Lipinski definition) is 0. The van der Waals surface area contributed by atoms with Crippen LogP contribution in [0.5, 0.6) is 0 Å². The van der Waals surface area contributed by atoms with Crippen molar-refractivity contribution in [2.24, 2.45) is 15.3 Å². The summed E-state index contributed by atoms with van der Waals surface area (Å²) in [6.45, 7) is 0.642. The van der Waals surface area contributed by atoms with Gasteiger partial charge in [0.25, 0.3) is 5.89 Å². The average molecular weight is 279 g/mol. The van der Waals surface area contributed by atoms with Gasteiger partial charge in [0, 0.05) is 20.0 Å². The predicted molar refractivity (Wildman–Crippen MR) is 67.4 cm³/mol. The summed E-state index contributed by atoms with van der Waals surface area (Å²) in [7, 11) is 1.74. The van der Waals surface area contributed by atoms with Crippen molar-refractivity contribution >= 4 is 16.9 Å². The number of aromatic nitrogens is 1. The van der Waals surface area contributed by atoms with Gasteiger partial charge in [-0.1, -0.05) is 12.1 Å². The Morgan fingerprint density at radius 3 is 2.85 bits per heavy atom. The number of oxazole rings is 1. The van der Waals surface area contributed by atoms with Gasteiger partial charge in [0.1, 0.15) is 5.52 Å². The summed E-state index contributed by atoms with van der Waals surface area (Å²) in [5.74, 6) is -0.502. The third kappa shape index (κ3) is 2.36. The monoisotopic (exact) mass is 279 g/mol. The summed E-state index contributed by atoms with van der Waals surface area (Å²) >= 11 is 0. The molecule has 20 heavy (non-hydrogen) atoms. The van der Waals surface area contributed by atoms with E-state index >= 15 is 0 Å². The first-order valence-corrected chi connectivity index (χ1v) is 6.00. The molecule has 3 rings (SSSR count). The van der Waals surface area contributed by atoms with Gasteiger partial charge in [0.05, 0.1) is 0 Å². The fraction of sp³-hybridized carbons (Fsp3) is 0.333. The molecule has 0 spiro atoms. The van der Waals surface area contributed by atoms with Crippen molar-refractivity contribution in [3.8, 4) is 0 Å². The van der Waals surface area contributed by atoms with Crippen molar-refractivity contribution < 1.29 is 13.2 Å². The van der Waals surface area contributed by atoms with Gasteiger partial charge in [-0.15, -0.1) is 10.2 Å². The van der Waals surface area contributed by atoms with E-state index in [4.69, 9.17) is 4.42 Å². The molecule has 0 unspecified atom stereocenters. The van der Waals surface area contributed by atoms with E-state index < -0.39 is 11.9 Å². The van der Waals surface area contributed by atoms with Crippen LogP contribution in [-0.2, 0) is 6.05 Å². The lowest BCUT2D eigenvalue weighted by atomic mass is 10.3. The van der Waals surface area contributed by atoms with E-state index in [1.165, 1.54) is 0 Å². The lowest BCUT2D eigenvalue weighted by Gasteiger charge is -2.03. The largest absolute Gasteiger partial charge is 0.436 e. The maximum atomic E-state index is 13.9. The molecular formula is C12H11F2N5O. The molecule has 0 fully saturated rings. The minimum Gasteiger partial charge on any atom is -0.433 e. The van der Waals surface area contributed by atoms with Crippen LogP contribution in [0.25, 0.3) is 11.1 Å². The zero-order chi connectivity index (χ0) is 14.2. The van der Waals surface area contributed by atoms with Crippen molar-refractivity contribution in [1.29, 1.82) is 0 Å². The Hall–Kier alpha value is -2.38. The van der Waals surface area contributed by atoms with Crippen molar-refractivity contribution in [3.63, 3.8) is 0 Å². The maximum Gasteiger partial charge on any atom is 0.436 e. The first-order chi connectivity index (χ1) is 9.54. The van der Waals surface area contributed by atoms with Crippen LogP contribution in [0.3, 0.4) is 0 Å². The van der Waals surface area contributed by atoms with Gasteiger partial charge in [0.2, 0.25) is 0 Å². The molecule has 0 radical (unpaired) electrons. The molecule has 1 aliphatic rings. The standard InChI is InChI=1S/C12H11F2N5O/c1-19-7-6-10(17-19)16-18-12(13,14)11-15-8-4-2-3-5-9(8)20-11/h2-5H,6-7H2,1H3. The third-order valence-corrected chi connectivity index (χ3v) is 2.79. The summed E-state index contributed by atoms with van der Waals surface area (Å²) in [5.41, 5.74) is 0.644. The Kier molecular flexibility index (Phi) is 2.92. The van der Waals surface area contributed by atoms with Crippen molar-refractivity contribution in [2.75, 3.05) is 13.6 Å². The number of fused-ring (bicyclic) bond motifs is 1. The Bertz CT molecular complexity index is 661. The summed E-state index contributed by atoms with van der Waals surface area (Å²) in [5, 5.41) is 12.0. The summed E-state index contributed by atoms with van der Waals surface area (Å²) < 4.78 is 32.7. The van der Waals surface area contributed by atoms with Crippen LogP contribution >= 0.6 is 0 Å². The number of azo groups is 1. The van der Waals surface area contributed by atoms with Crippen LogP contribution < -0.4 is 0 Å². The number of hydrazone groups is 1. The number of halogens is 2. The van der Waals surface area contributed by atoms with Gasteiger partial charge < -0.3 is 4.42 Å². The van der Waals surface area contributed by atoms with Gasteiger partial charge >= 0.3 is 6.05 Å². The molecule has 0 saturated carbocycles. The molecule has 0 N–H and O–H groups in total. The molecule has 0 saturated heterocycles. The Morgan fingerprint density at radius 2 is 2.15 bits per heavy atom. The number of benzene rings is 1. The molecule has 1 aromatic carbocycles. The van der Waals surface area contributed by atoms with E-state index in [0.29, 0.717) is 18.5 Å². The van der Waals surface area contributed by atoms with E-state index in [0.717, 1.165) is 0 Å². The molecule has 2 aromatic rings. The molecule has 2 heterocycles. The quantitative estimate of drug-likeness (QED) is 0.627. The molecule has 104 valence electrons. The van der Waals surface area contributed by atoms with E-state index in [1.54, 1.807) is 36.3 Å². The molecule has 0 amide bonds. The first-order valence-electron chi connectivity index (χ1n) is 6.00. The van der Waals surface area contributed by atoms with Crippen LogP contribution in [-0.4, -0.2) is 29.4 Å². The highest BCUT2D eigenvalue weighted by Crippen LogP contribution is 2.31. The Labute approximate surface area is 112 Å². The Morgan fingerprint density at radius 1 is 1.35 bits per heavy atom. The van der Waals surface area contributed by atoms with E-state index in [-0.39, 0.29) is 11.4 Å². The number of nitrogens with zero attached hydrogens (tertiary/aromatic N) is 5. The first kappa shape index (κ1) is 12.6. The van der Waals surface area contributed by atoms with Gasteiger partial charge in [-0.25, -0.2) is 4.98 Å². The number of amidine groups is 1. The van der Waals surface area contributed by atoms with Crippen LogP contribution in [0, 0.1) is 0 Å². The van der Waals surface area contributed by atoms with Crippen LogP contribution in [0.4, 0.5) is 8.78 Å². The minimum atomic E-state index is -3.61. The fourth-order valence-electron chi connectivity index (χ4n) is 1.79. The molecule has 0 aliphatic carbocycles. The molecule has 0 bridgehead atoms. The van der Waals surface area contributed by atoms with Crippen LogP contribution in [0.2, 0.25) is 0 Å². The number of para-hydroxylation sites is 2. The normalized spacial score (nSPS) is 16.4. The average Bonchev–Trinajstić information content (AvgIpc) is 3.02. The van der Waals surface area contributed by atoms with Crippen LogP contribution in [0.15, 0.2) is 44.0 Å². The third-order valence-electron chi connectivity index (χ3n) is 2.79.